The predicted molar refractivity (Wildman–Crippen MR) is 70.3 cm³/mol. The van der Waals surface area contributed by atoms with Crippen molar-refractivity contribution in [1.82, 2.24) is 10.6 Å². The van der Waals surface area contributed by atoms with Gasteiger partial charge < -0.3 is 9.26 Å². The molecule has 0 unspecified atom stereocenters. The number of carbonyl (C=O) groups is 1. The number of ether oxygens (including phenoxy) is 1. The Labute approximate surface area is 118 Å². The second kappa shape index (κ2) is 6.01. The summed E-state index contributed by atoms with van der Waals surface area (Å²) in [7, 11) is 0. The van der Waals surface area contributed by atoms with Crippen LogP contribution < -0.4 is 16.0 Å². The molecular weight excluding hydrogens is 280 g/mol. The summed E-state index contributed by atoms with van der Waals surface area (Å²) in [6.07, 6.45) is 0. The standard InChI is InChI=1S/C12H12N4O5/c1-7-2-3-10(16(18)19)11(4-7)20-6-8-5-9(15-21-8)12(17)14-13/h2-5H,6,13H2,1H3,(H,14,17). The molecule has 0 aliphatic rings. The maximum atomic E-state index is 11.2. The van der Waals surface area contributed by atoms with E-state index >= 15 is 0 Å². The molecule has 2 aromatic rings. The van der Waals surface area contributed by atoms with Crippen molar-refractivity contribution in [1.29, 1.82) is 0 Å². The van der Waals surface area contributed by atoms with Gasteiger partial charge in [-0.25, -0.2) is 5.84 Å². The third-order valence-corrected chi connectivity index (χ3v) is 2.60. The number of aromatic nitrogens is 1. The second-order valence-electron chi connectivity index (χ2n) is 4.17. The largest absolute Gasteiger partial charge is 0.479 e. The quantitative estimate of drug-likeness (QED) is 0.364. The Balaban J connectivity index is 2.13. The van der Waals surface area contributed by atoms with Crippen LogP contribution in [0.5, 0.6) is 5.75 Å². The summed E-state index contributed by atoms with van der Waals surface area (Å²) >= 11 is 0. The highest BCUT2D eigenvalue weighted by Gasteiger charge is 2.17. The van der Waals surface area contributed by atoms with Crippen molar-refractivity contribution >= 4 is 11.6 Å². The number of carbonyl (C=O) groups excluding carboxylic acids is 1. The number of nitrogens with one attached hydrogen (secondary N) is 1. The minimum absolute atomic E-state index is 0.00478. The molecule has 0 radical (unpaired) electrons. The fraction of sp³-hybridized carbons (Fsp3) is 0.167. The van der Waals surface area contributed by atoms with Crippen LogP contribution in [0.3, 0.4) is 0 Å². The van der Waals surface area contributed by atoms with Crippen molar-refractivity contribution < 1.29 is 19.0 Å². The minimum Gasteiger partial charge on any atom is -0.479 e. The zero-order chi connectivity index (χ0) is 15.4. The number of benzene rings is 1. The van der Waals surface area contributed by atoms with Crippen LogP contribution >= 0.6 is 0 Å². The van der Waals surface area contributed by atoms with E-state index in [2.05, 4.69) is 5.16 Å². The number of hydrogen-bond acceptors (Lipinski definition) is 7. The first-order chi connectivity index (χ1) is 10.0. The van der Waals surface area contributed by atoms with Crippen molar-refractivity contribution in [2.45, 2.75) is 13.5 Å². The smallest absolute Gasteiger partial charge is 0.310 e. The van der Waals surface area contributed by atoms with E-state index in [-0.39, 0.29) is 29.5 Å². The minimum atomic E-state index is -0.605. The van der Waals surface area contributed by atoms with Gasteiger partial charge in [-0.05, 0) is 18.6 Å². The lowest BCUT2D eigenvalue weighted by Gasteiger charge is -2.05. The molecule has 21 heavy (non-hydrogen) atoms. The van der Waals surface area contributed by atoms with Crippen molar-refractivity contribution in [2.24, 2.45) is 5.84 Å². The van der Waals surface area contributed by atoms with Crippen LogP contribution in [0, 0.1) is 17.0 Å². The zero-order valence-corrected chi connectivity index (χ0v) is 11.0. The lowest BCUT2D eigenvalue weighted by molar-refractivity contribution is -0.386. The molecule has 0 aliphatic heterocycles. The average Bonchev–Trinajstić information content (AvgIpc) is 2.93. The molecular formula is C12H12N4O5. The van der Waals surface area contributed by atoms with Crippen LogP contribution in [-0.2, 0) is 6.61 Å². The number of nitrogens with two attached hydrogens (primary N) is 1. The van der Waals surface area contributed by atoms with Crippen LogP contribution in [0.15, 0.2) is 28.8 Å². The van der Waals surface area contributed by atoms with Crippen LogP contribution in [-0.4, -0.2) is 16.0 Å². The Morgan fingerprint density at radius 1 is 1.52 bits per heavy atom. The maximum absolute atomic E-state index is 11.2. The molecule has 0 spiro atoms. The first kappa shape index (κ1) is 14.5. The first-order valence-electron chi connectivity index (χ1n) is 5.85. The molecule has 3 N–H and O–H groups in total. The normalized spacial score (nSPS) is 10.2. The number of amides is 1. The maximum Gasteiger partial charge on any atom is 0.310 e. The SMILES string of the molecule is Cc1ccc([N+](=O)[O-])c(OCc2cc(C(=O)NN)no2)c1. The fourth-order valence-electron chi connectivity index (χ4n) is 1.60. The highest BCUT2D eigenvalue weighted by molar-refractivity contribution is 5.91. The second-order valence-corrected chi connectivity index (χ2v) is 4.17. The molecule has 0 aliphatic carbocycles. The van der Waals surface area contributed by atoms with E-state index < -0.39 is 10.8 Å². The van der Waals surface area contributed by atoms with Gasteiger partial charge in [0, 0.05) is 12.1 Å². The molecule has 1 amide bonds. The summed E-state index contributed by atoms with van der Waals surface area (Å²) in [6, 6.07) is 5.85. The van der Waals surface area contributed by atoms with Gasteiger partial charge in [0.05, 0.1) is 4.92 Å². The summed E-state index contributed by atoms with van der Waals surface area (Å²) in [5.41, 5.74) is 2.57. The number of nitrogen functional groups attached to an aromatic ring is 1. The molecule has 9 heteroatoms. The molecule has 0 saturated heterocycles. The molecule has 9 nitrogen and oxygen atoms in total. The molecule has 1 aromatic carbocycles. The monoisotopic (exact) mass is 292 g/mol. The van der Waals surface area contributed by atoms with Gasteiger partial charge in [-0.3, -0.25) is 20.3 Å². The van der Waals surface area contributed by atoms with Crippen molar-refractivity contribution in [3.8, 4) is 5.75 Å². The summed E-state index contributed by atoms with van der Waals surface area (Å²) in [5, 5.41) is 14.4. The van der Waals surface area contributed by atoms with Crippen molar-refractivity contribution in [3.05, 3.63) is 51.4 Å². The van der Waals surface area contributed by atoms with Gasteiger partial charge in [0.2, 0.25) is 0 Å². The van der Waals surface area contributed by atoms with Crippen molar-refractivity contribution in [3.63, 3.8) is 0 Å². The number of nitrogens with zero attached hydrogens (tertiary/aromatic N) is 2. The van der Waals surface area contributed by atoms with Crippen LogP contribution in [0.25, 0.3) is 0 Å². The Bertz CT molecular complexity index is 682. The predicted octanol–water partition coefficient (Wildman–Crippen LogP) is 1.07. The van der Waals surface area contributed by atoms with E-state index in [1.165, 1.54) is 12.1 Å². The highest BCUT2D eigenvalue weighted by Crippen LogP contribution is 2.28. The topological polar surface area (TPSA) is 134 Å². The Hall–Kier alpha value is -2.94. The third-order valence-electron chi connectivity index (χ3n) is 2.60. The lowest BCUT2D eigenvalue weighted by atomic mass is 10.2. The van der Waals surface area contributed by atoms with E-state index in [0.717, 1.165) is 5.56 Å². The first-order valence-corrected chi connectivity index (χ1v) is 5.85. The highest BCUT2D eigenvalue weighted by atomic mass is 16.6. The van der Waals surface area contributed by atoms with Gasteiger partial charge in [0.1, 0.15) is 6.61 Å². The van der Waals surface area contributed by atoms with E-state index in [1.54, 1.807) is 19.1 Å². The zero-order valence-electron chi connectivity index (χ0n) is 11.0. The number of nitro benzene ring substituents is 1. The van der Waals surface area contributed by atoms with Crippen LogP contribution in [0.4, 0.5) is 5.69 Å². The lowest BCUT2D eigenvalue weighted by Crippen LogP contribution is -2.30. The molecule has 0 bridgehead atoms. The van der Waals surface area contributed by atoms with Crippen LogP contribution in [0.2, 0.25) is 0 Å². The molecule has 0 saturated carbocycles. The summed E-state index contributed by atoms with van der Waals surface area (Å²) < 4.78 is 10.2. The van der Waals surface area contributed by atoms with Gasteiger partial charge in [-0.15, -0.1) is 0 Å². The van der Waals surface area contributed by atoms with Gasteiger partial charge >= 0.3 is 5.69 Å². The van der Waals surface area contributed by atoms with Crippen molar-refractivity contribution in [2.75, 3.05) is 0 Å². The summed E-state index contributed by atoms with van der Waals surface area (Å²) in [5.74, 6) is 4.71. The average molecular weight is 292 g/mol. The summed E-state index contributed by atoms with van der Waals surface area (Å²) in [4.78, 5) is 21.6. The number of hydrazine groups is 1. The molecule has 1 heterocycles. The molecule has 2 rings (SSSR count). The van der Waals surface area contributed by atoms with E-state index in [4.69, 9.17) is 15.1 Å². The van der Waals surface area contributed by atoms with Gasteiger partial charge in [-0.1, -0.05) is 11.2 Å². The molecule has 1 aromatic heterocycles. The van der Waals surface area contributed by atoms with E-state index in [0.29, 0.717) is 0 Å². The molecule has 0 atom stereocenters. The number of hydrogen-bond donors (Lipinski definition) is 2. The Morgan fingerprint density at radius 2 is 2.29 bits per heavy atom. The fourth-order valence-corrected chi connectivity index (χ4v) is 1.60. The van der Waals surface area contributed by atoms with Gasteiger partial charge in [0.15, 0.2) is 17.2 Å². The number of aryl methyl sites for hydroxylation is 1. The van der Waals surface area contributed by atoms with E-state index in [9.17, 15) is 14.9 Å². The van der Waals surface area contributed by atoms with Gasteiger partial charge in [0.25, 0.3) is 5.91 Å². The third kappa shape index (κ3) is 3.34. The van der Waals surface area contributed by atoms with Crippen LogP contribution in [0.1, 0.15) is 21.8 Å². The summed E-state index contributed by atoms with van der Waals surface area (Å²) in [6.45, 7) is 1.68. The molecule has 110 valence electrons. The number of rotatable bonds is 5. The van der Waals surface area contributed by atoms with Gasteiger partial charge in [-0.2, -0.15) is 0 Å². The molecule has 0 fully saturated rings. The Morgan fingerprint density at radius 3 is 2.95 bits per heavy atom. The number of nitro groups is 1. The van der Waals surface area contributed by atoms with E-state index in [1.807, 2.05) is 5.43 Å². The Kier molecular flexibility index (Phi) is 4.14.